The van der Waals surface area contributed by atoms with E-state index in [0.29, 0.717) is 11.3 Å². The summed E-state index contributed by atoms with van der Waals surface area (Å²) in [6.45, 7) is -0.572. The lowest BCUT2D eigenvalue weighted by Gasteiger charge is -2.10. The minimum Gasteiger partial charge on any atom is -0.496 e. The van der Waals surface area contributed by atoms with E-state index in [4.69, 9.17) is 9.47 Å². The van der Waals surface area contributed by atoms with Crippen LogP contribution in [0.25, 0.3) is 6.08 Å². The molecule has 0 radical (unpaired) electrons. The predicted octanol–water partition coefficient (Wildman–Crippen LogP) is 2.95. The highest BCUT2D eigenvalue weighted by Crippen LogP contribution is 2.31. The van der Waals surface area contributed by atoms with Gasteiger partial charge in [-0.05, 0) is 30.3 Å². The van der Waals surface area contributed by atoms with E-state index in [1.165, 1.54) is 31.4 Å². The minimum atomic E-state index is -4.51. The third kappa shape index (κ3) is 6.35. The van der Waals surface area contributed by atoms with Crippen molar-refractivity contribution in [3.05, 3.63) is 65.7 Å². The topological polar surface area (TPSA) is 76.7 Å². The number of benzene rings is 2. The summed E-state index contributed by atoms with van der Waals surface area (Å²) in [5, 5.41) is 0. The number of amides is 2. The van der Waals surface area contributed by atoms with Crippen LogP contribution in [0.5, 0.6) is 11.5 Å². The summed E-state index contributed by atoms with van der Waals surface area (Å²) in [4.78, 5) is 23.4. The molecular formula is C19H17F3N2O4. The van der Waals surface area contributed by atoms with Crippen molar-refractivity contribution in [2.75, 3.05) is 13.7 Å². The summed E-state index contributed by atoms with van der Waals surface area (Å²) >= 11 is 0. The Bertz CT molecular complexity index is 866. The van der Waals surface area contributed by atoms with Crippen molar-refractivity contribution in [1.82, 2.24) is 10.9 Å². The lowest BCUT2D eigenvalue weighted by atomic mass is 10.2. The quantitative estimate of drug-likeness (QED) is 0.584. The zero-order valence-corrected chi connectivity index (χ0v) is 14.7. The molecule has 0 aromatic heterocycles. The Hall–Kier alpha value is -3.49. The van der Waals surface area contributed by atoms with Gasteiger partial charge in [-0.2, -0.15) is 13.2 Å². The molecule has 0 atom stereocenters. The number of methoxy groups -OCH3 is 1. The van der Waals surface area contributed by atoms with Gasteiger partial charge in [-0.25, -0.2) is 0 Å². The standard InChI is InChI=1S/C19H17F3N2O4/c1-27-16-8-3-2-5-13(16)9-10-17(25)23-24-18(26)12-28-15-7-4-6-14(11-15)19(20,21)22/h2-11H,12H2,1H3,(H,23,25)(H,24,26)/b10-9+. The molecule has 2 aromatic carbocycles. The molecule has 2 rings (SSSR count). The number of alkyl halides is 3. The van der Waals surface area contributed by atoms with Crippen molar-refractivity contribution < 1.29 is 32.2 Å². The Labute approximate surface area is 158 Å². The van der Waals surface area contributed by atoms with Gasteiger partial charge in [0.25, 0.3) is 11.8 Å². The van der Waals surface area contributed by atoms with Gasteiger partial charge in [-0.1, -0.05) is 24.3 Å². The second-order valence-electron chi connectivity index (χ2n) is 5.43. The van der Waals surface area contributed by atoms with Gasteiger partial charge in [0.1, 0.15) is 11.5 Å². The Morgan fingerprint density at radius 1 is 1.07 bits per heavy atom. The first-order valence-electron chi connectivity index (χ1n) is 7.99. The van der Waals surface area contributed by atoms with Gasteiger partial charge in [0.05, 0.1) is 12.7 Å². The summed E-state index contributed by atoms with van der Waals surface area (Å²) < 4.78 is 48.0. The average molecular weight is 394 g/mol. The number of hydrogen-bond donors (Lipinski definition) is 2. The van der Waals surface area contributed by atoms with E-state index in [1.54, 1.807) is 24.3 Å². The molecule has 0 aliphatic rings. The highest BCUT2D eigenvalue weighted by molar-refractivity contribution is 5.93. The molecule has 0 aliphatic carbocycles. The Morgan fingerprint density at radius 3 is 2.54 bits per heavy atom. The van der Waals surface area contributed by atoms with Crippen molar-refractivity contribution in [3.8, 4) is 11.5 Å². The Balaban J connectivity index is 1.81. The average Bonchev–Trinajstić information content (AvgIpc) is 2.69. The fourth-order valence-corrected chi connectivity index (χ4v) is 2.09. The molecule has 2 amide bonds. The zero-order valence-electron chi connectivity index (χ0n) is 14.7. The van der Waals surface area contributed by atoms with Gasteiger partial charge < -0.3 is 9.47 Å². The van der Waals surface area contributed by atoms with Crippen molar-refractivity contribution in [3.63, 3.8) is 0 Å². The Morgan fingerprint density at radius 2 is 1.82 bits per heavy atom. The number of carbonyl (C=O) groups is 2. The molecule has 0 fully saturated rings. The van der Waals surface area contributed by atoms with Gasteiger partial charge in [-0.3, -0.25) is 20.4 Å². The van der Waals surface area contributed by atoms with Crippen molar-refractivity contribution in [2.45, 2.75) is 6.18 Å². The Kier molecular flexibility index (Phi) is 7.02. The van der Waals surface area contributed by atoms with E-state index in [0.717, 1.165) is 12.1 Å². The van der Waals surface area contributed by atoms with E-state index in [9.17, 15) is 22.8 Å². The molecule has 0 bridgehead atoms. The summed E-state index contributed by atoms with van der Waals surface area (Å²) in [7, 11) is 1.50. The number of hydrogen-bond acceptors (Lipinski definition) is 4. The van der Waals surface area contributed by atoms with Crippen molar-refractivity contribution >= 4 is 17.9 Å². The molecule has 9 heteroatoms. The summed E-state index contributed by atoms with van der Waals surface area (Å²) in [5.74, 6) is -0.896. The minimum absolute atomic E-state index is 0.118. The summed E-state index contributed by atoms with van der Waals surface area (Å²) in [6.07, 6.45) is -1.82. The summed E-state index contributed by atoms with van der Waals surface area (Å²) in [5.41, 5.74) is 4.01. The van der Waals surface area contributed by atoms with Gasteiger partial charge in [-0.15, -0.1) is 0 Å². The molecule has 0 heterocycles. The first-order chi connectivity index (χ1) is 13.3. The van der Waals surface area contributed by atoms with Crippen LogP contribution >= 0.6 is 0 Å². The zero-order chi connectivity index (χ0) is 20.6. The maximum atomic E-state index is 12.6. The van der Waals surface area contributed by atoms with Gasteiger partial charge in [0.15, 0.2) is 6.61 Å². The lowest BCUT2D eigenvalue weighted by Crippen LogP contribution is -2.43. The highest BCUT2D eigenvalue weighted by Gasteiger charge is 2.30. The number of nitrogens with one attached hydrogen (secondary N) is 2. The summed E-state index contributed by atoms with van der Waals surface area (Å²) in [6, 6.07) is 11.1. The first-order valence-corrected chi connectivity index (χ1v) is 7.99. The van der Waals surface area contributed by atoms with E-state index in [2.05, 4.69) is 10.9 Å². The SMILES string of the molecule is COc1ccccc1/C=C/C(=O)NNC(=O)COc1cccc(C(F)(F)F)c1. The number of ether oxygens (including phenoxy) is 2. The molecule has 6 nitrogen and oxygen atoms in total. The highest BCUT2D eigenvalue weighted by atomic mass is 19.4. The maximum Gasteiger partial charge on any atom is 0.416 e. The monoisotopic (exact) mass is 394 g/mol. The van der Waals surface area contributed by atoms with Gasteiger partial charge in [0.2, 0.25) is 0 Å². The molecule has 148 valence electrons. The fourth-order valence-electron chi connectivity index (χ4n) is 2.09. The number of para-hydroxylation sites is 1. The largest absolute Gasteiger partial charge is 0.496 e. The van der Waals surface area contributed by atoms with Crippen LogP contribution < -0.4 is 20.3 Å². The van der Waals surface area contributed by atoms with Crippen LogP contribution in [-0.2, 0) is 15.8 Å². The van der Waals surface area contributed by atoms with Gasteiger partial charge in [0, 0.05) is 11.6 Å². The molecule has 0 saturated heterocycles. The van der Waals surface area contributed by atoms with Crippen molar-refractivity contribution in [2.24, 2.45) is 0 Å². The molecular weight excluding hydrogens is 377 g/mol. The third-order valence-corrected chi connectivity index (χ3v) is 3.41. The molecule has 2 N–H and O–H groups in total. The molecule has 0 saturated carbocycles. The first kappa shape index (κ1) is 20.8. The fraction of sp³-hybridized carbons (Fsp3) is 0.158. The molecule has 0 unspecified atom stereocenters. The van der Waals surface area contributed by atoms with E-state index in [1.807, 2.05) is 0 Å². The van der Waals surface area contributed by atoms with E-state index >= 15 is 0 Å². The number of halogens is 3. The van der Waals surface area contributed by atoms with E-state index < -0.39 is 30.2 Å². The molecule has 0 spiro atoms. The second-order valence-corrected chi connectivity index (χ2v) is 5.43. The molecule has 0 aliphatic heterocycles. The number of hydrazine groups is 1. The molecule has 2 aromatic rings. The predicted molar refractivity (Wildman–Crippen MR) is 95.3 cm³/mol. The van der Waals surface area contributed by atoms with Crippen LogP contribution in [0.2, 0.25) is 0 Å². The van der Waals surface area contributed by atoms with Crippen LogP contribution in [0.1, 0.15) is 11.1 Å². The number of carbonyl (C=O) groups excluding carboxylic acids is 2. The van der Waals surface area contributed by atoms with E-state index in [-0.39, 0.29) is 5.75 Å². The van der Waals surface area contributed by atoms with Crippen LogP contribution in [0.15, 0.2) is 54.6 Å². The maximum absolute atomic E-state index is 12.6. The number of rotatable bonds is 6. The van der Waals surface area contributed by atoms with Crippen LogP contribution in [0.3, 0.4) is 0 Å². The van der Waals surface area contributed by atoms with Crippen molar-refractivity contribution in [1.29, 1.82) is 0 Å². The normalized spacial score (nSPS) is 11.1. The second kappa shape index (κ2) is 9.45. The smallest absolute Gasteiger partial charge is 0.416 e. The van der Waals surface area contributed by atoms with Crippen LogP contribution in [-0.4, -0.2) is 25.5 Å². The van der Waals surface area contributed by atoms with Crippen LogP contribution in [0.4, 0.5) is 13.2 Å². The van der Waals surface area contributed by atoms with Gasteiger partial charge >= 0.3 is 6.18 Å². The molecule has 28 heavy (non-hydrogen) atoms. The third-order valence-electron chi connectivity index (χ3n) is 3.41. The van der Waals surface area contributed by atoms with Crippen LogP contribution in [0, 0.1) is 0 Å². The lowest BCUT2D eigenvalue weighted by molar-refractivity contribution is -0.137.